The monoisotopic (exact) mass is 508 g/mol. The lowest BCUT2D eigenvalue weighted by Crippen LogP contribution is -2.19. The number of ether oxygens (including phenoxy) is 1. The fourth-order valence-electron chi connectivity index (χ4n) is 3.34. The molecule has 9 heteroatoms. The van der Waals surface area contributed by atoms with Crippen LogP contribution >= 0.6 is 15.9 Å². The van der Waals surface area contributed by atoms with Crippen LogP contribution in [0.15, 0.2) is 45.8 Å². The molecule has 2 amide bonds. The van der Waals surface area contributed by atoms with Crippen molar-refractivity contribution < 1.29 is 22.7 Å². The fraction of sp³-hybridized carbons (Fsp3) is 0.364. The minimum Gasteiger partial charge on any atom is -0.496 e. The predicted octanol–water partition coefficient (Wildman–Crippen LogP) is 3.55. The van der Waals surface area contributed by atoms with Crippen LogP contribution in [0.5, 0.6) is 5.75 Å². The second-order valence-corrected chi connectivity index (χ2v) is 10.7. The number of nitrogens with zero attached hydrogens (tertiary/aromatic N) is 1. The summed E-state index contributed by atoms with van der Waals surface area (Å²) >= 11 is 3.42. The zero-order chi connectivity index (χ0) is 22.6. The molecular weight excluding hydrogens is 484 g/mol. The van der Waals surface area contributed by atoms with Crippen molar-refractivity contribution in [1.82, 2.24) is 4.90 Å². The minimum atomic E-state index is -3.43. The van der Waals surface area contributed by atoms with E-state index in [1.165, 1.54) is 11.0 Å². The van der Waals surface area contributed by atoms with Crippen LogP contribution in [-0.2, 0) is 32.4 Å². The number of sulfone groups is 1. The Bertz CT molecular complexity index is 1080. The van der Waals surface area contributed by atoms with Gasteiger partial charge in [-0.2, -0.15) is 0 Å². The summed E-state index contributed by atoms with van der Waals surface area (Å²) in [6.07, 6.45) is 2.68. The molecule has 0 radical (unpaired) electrons. The highest BCUT2D eigenvalue weighted by atomic mass is 79.9. The molecule has 0 spiro atoms. The van der Waals surface area contributed by atoms with Crippen molar-refractivity contribution in [1.29, 1.82) is 0 Å². The molecule has 0 aromatic heterocycles. The number of carbonyl (C=O) groups excluding carboxylic acids is 2. The van der Waals surface area contributed by atoms with Gasteiger partial charge in [0.25, 0.3) is 0 Å². The highest BCUT2D eigenvalue weighted by molar-refractivity contribution is 9.10. The lowest BCUT2D eigenvalue weighted by atomic mass is 10.1. The molecule has 0 unspecified atom stereocenters. The maximum atomic E-state index is 12.8. The molecular formula is C22H25BrN2O5S. The normalized spacial score (nSPS) is 13.5. The summed E-state index contributed by atoms with van der Waals surface area (Å²) in [4.78, 5) is 25.2. The summed E-state index contributed by atoms with van der Waals surface area (Å²) in [7, 11) is -0.261. The van der Waals surface area contributed by atoms with Crippen LogP contribution in [0.3, 0.4) is 0 Å². The number of methoxy groups -OCH3 is 1. The molecule has 1 aliphatic carbocycles. The molecule has 1 fully saturated rings. The molecule has 2 aromatic rings. The van der Waals surface area contributed by atoms with Gasteiger partial charge in [0.15, 0.2) is 9.84 Å². The Hall–Kier alpha value is -2.39. The number of rotatable bonds is 10. The number of halogens is 1. The van der Waals surface area contributed by atoms with Crippen LogP contribution in [-0.4, -0.2) is 45.0 Å². The van der Waals surface area contributed by atoms with Gasteiger partial charge in [-0.3, -0.25) is 9.59 Å². The van der Waals surface area contributed by atoms with Gasteiger partial charge in [0.2, 0.25) is 12.3 Å². The molecule has 1 N–H and O–H groups in total. The van der Waals surface area contributed by atoms with Gasteiger partial charge in [0.1, 0.15) is 5.75 Å². The van der Waals surface area contributed by atoms with E-state index < -0.39 is 9.84 Å². The molecule has 7 nitrogen and oxygen atoms in total. The van der Waals surface area contributed by atoms with Crippen molar-refractivity contribution in [3.05, 3.63) is 52.0 Å². The number of aryl methyl sites for hydroxylation is 1. The van der Waals surface area contributed by atoms with Crippen molar-refractivity contribution >= 4 is 43.8 Å². The molecule has 1 aliphatic rings. The van der Waals surface area contributed by atoms with E-state index in [9.17, 15) is 18.0 Å². The van der Waals surface area contributed by atoms with Crippen molar-refractivity contribution in [2.45, 2.75) is 42.4 Å². The van der Waals surface area contributed by atoms with Crippen LogP contribution in [0.2, 0.25) is 0 Å². The topological polar surface area (TPSA) is 92.8 Å². The van der Waals surface area contributed by atoms with E-state index in [2.05, 4.69) is 21.2 Å². The van der Waals surface area contributed by atoms with Gasteiger partial charge in [-0.15, -0.1) is 0 Å². The lowest BCUT2D eigenvalue weighted by Gasteiger charge is -2.17. The molecule has 0 atom stereocenters. The highest BCUT2D eigenvalue weighted by Gasteiger charge is 2.38. The Morgan fingerprint density at radius 3 is 2.61 bits per heavy atom. The number of amides is 2. The van der Waals surface area contributed by atoms with Crippen molar-refractivity contribution in [3.8, 4) is 5.75 Å². The highest BCUT2D eigenvalue weighted by Crippen LogP contribution is 2.36. The first-order valence-electron chi connectivity index (χ1n) is 9.89. The standard InChI is InChI=1S/C22H25BrN2O5S/c1-25(14-26)13-16-12-18(5-9-21(16)31(28,29)19-6-7-19)24-22(27)10-3-15-11-17(23)4-8-20(15)30-2/h4-5,8-9,11-12,14,19H,3,6-7,10,13H2,1-2H3,(H,24,27). The average Bonchev–Trinajstić information content (AvgIpc) is 3.58. The maximum absolute atomic E-state index is 12.8. The Morgan fingerprint density at radius 1 is 1.23 bits per heavy atom. The molecule has 1 saturated carbocycles. The van der Waals surface area contributed by atoms with E-state index in [1.807, 2.05) is 18.2 Å². The first kappa shape index (κ1) is 23.3. The van der Waals surface area contributed by atoms with E-state index in [0.29, 0.717) is 42.7 Å². The number of anilines is 1. The van der Waals surface area contributed by atoms with Crippen molar-refractivity contribution in [2.24, 2.45) is 0 Å². The first-order chi connectivity index (χ1) is 14.7. The number of hydrogen-bond donors (Lipinski definition) is 1. The second-order valence-electron chi connectivity index (χ2n) is 7.59. The third-order valence-electron chi connectivity index (χ3n) is 5.08. The molecule has 0 aliphatic heterocycles. The summed E-state index contributed by atoms with van der Waals surface area (Å²) < 4.78 is 31.8. The van der Waals surface area contributed by atoms with Gasteiger partial charge in [-0.25, -0.2) is 8.42 Å². The van der Waals surface area contributed by atoms with Gasteiger partial charge in [0, 0.05) is 30.2 Å². The Morgan fingerprint density at radius 2 is 1.97 bits per heavy atom. The third-order valence-corrected chi connectivity index (χ3v) is 7.93. The largest absolute Gasteiger partial charge is 0.496 e. The quantitative estimate of drug-likeness (QED) is 0.495. The number of carbonyl (C=O) groups is 2. The van der Waals surface area contributed by atoms with Gasteiger partial charge >= 0.3 is 0 Å². The van der Waals surface area contributed by atoms with Crippen LogP contribution in [0.1, 0.15) is 30.4 Å². The van der Waals surface area contributed by atoms with E-state index in [-0.39, 0.29) is 29.0 Å². The van der Waals surface area contributed by atoms with Crippen molar-refractivity contribution in [3.63, 3.8) is 0 Å². The smallest absolute Gasteiger partial charge is 0.224 e. The van der Waals surface area contributed by atoms with Crippen LogP contribution < -0.4 is 10.1 Å². The third kappa shape index (κ3) is 5.86. The Kier molecular flexibility index (Phi) is 7.38. The van der Waals surface area contributed by atoms with Crippen molar-refractivity contribution in [2.75, 3.05) is 19.5 Å². The summed E-state index contributed by atoms with van der Waals surface area (Å²) in [5, 5.41) is 2.47. The summed E-state index contributed by atoms with van der Waals surface area (Å²) in [5.74, 6) is 0.513. The zero-order valence-electron chi connectivity index (χ0n) is 17.4. The maximum Gasteiger partial charge on any atom is 0.224 e. The van der Waals surface area contributed by atoms with E-state index in [0.717, 1.165) is 10.0 Å². The Labute approximate surface area is 190 Å². The molecule has 3 rings (SSSR count). The molecule has 0 saturated heterocycles. The van der Waals surface area contributed by atoms with Crippen LogP contribution in [0.4, 0.5) is 5.69 Å². The molecule has 0 heterocycles. The number of nitrogens with one attached hydrogen (secondary N) is 1. The summed E-state index contributed by atoms with van der Waals surface area (Å²) in [5.41, 5.74) is 1.90. The minimum absolute atomic E-state index is 0.143. The van der Waals surface area contributed by atoms with E-state index >= 15 is 0 Å². The second kappa shape index (κ2) is 9.82. The molecule has 31 heavy (non-hydrogen) atoms. The van der Waals surface area contributed by atoms with Gasteiger partial charge in [-0.1, -0.05) is 15.9 Å². The zero-order valence-corrected chi connectivity index (χ0v) is 19.8. The summed E-state index contributed by atoms with van der Waals surface area (Å²) in [6.45, 7) is 0.143. The number of hydrogen-bond acceptors (Lipinski definition) is 5. The van der Waals surface area contributed by atoms with E-state index in [4.69, 9.17) is 4.74 Å². The van der Waals surface area contributed by atoms with E-state index in [1.54, 1.807) is 26.3 Å². The van der Waals surface area contributed by atoms with Gasteiger partial charge in [0.05, 0.1) is 17.3 Å². The van der Waals surface area contributed by atoms with Gasteiger partial charge < -0.3 is 15.0 Å². The Balaban J connectivity index is 1.75. The SMILES string of the molecule is COc1ccc(Br)cc1CCC(=O)Nc1ccc(S(=O)(=O)C2CC2)c(CN(C)C=O)c1. The fourth-order valence-corrected chi connectivity index (χ4v) is 5.61. The molecule has 166 valence electrons. The van der Waals surface area contributed by atoms with Crippen LogP contribution in [0, 0.1) is 0 Å². The predicted molar refractivity (Wildman–Crippen MR) is 122 cm³/mol. The van der Waals surface area contributed by atoms with Gasteiger partial charge in [-0.05, 0) is 66.8 Å². The average molecular weight is 509 g/mol. The summed E-state index contributed by atoms with van der Waals surface area (Å²) in [6, 6.07) is 10.4. The number of benzene rings is 2. The lowest BCUT2D eigenvalue weighted by molar-refractivity contribution is -0.117. The first-order valence-corrected chi connectivity index (χ1v) is 12.2. The molecule has 0 bridgehead atoms. The van der Waals surface area contributed by atoms with Crippen LogP contribution in [0.25, 0.3) is 0 Å². The molecule has 2 aromatic carbocycles.